The average molecular weight is 227 g/mol. The molecule has 3 N–H and O–H groups in total. The van der Waals surface area contributed by atoms with E-state index >= 15 is 0 Å². The lowest BCUT2D eigenvalue weighted by molar-refractivity contribution is -0.147. The van der Waals surface area contributed by atoms with Gasteiger partial charge in [-0.3, -0.25) is 10.3 Å². The van der Waals surface area contributed by atoms with Crippen LogP contribution in [0.3, 0.4) is 0 Å². The molecule has 0 spiro atoms. The van der Waals surface area contributed by atoms with Gasteiger partial charge in [0.2, 0.25) is 0 Å². The van der Waals surface area contributed by atoms with Crippen LogP contribution < -0.4 is 5.50 Å². The quantitative estimate of drug-likeness (QED) is 0.526. The lowest BCUT2D eigenvalue weighted by Gasteiger charge is -2.10. The third-order valence-electron chi connectivity index (χ3n) is 0.950. The Labute approximate surface area is 82.4 Å². The first-order chi connectivity index (χ1) is 5.81. The molecule has 0 aromatic carbocycles. The predicted molar refractivity (Wildman–Crippen MR) is 52.5 cm³/mol. The zero-order valence-electron chi connectivity index (χ0n) is 7.60. The Kier molecular flexibility index (Phi) is 5.67. The lowest BCUT2D eigenvalue weighted by atomic mass is 10.4. The molecule has 1 atom stereocenters. The number of carbonyl (C=O) groups is 1. The second-order valence-electron chi connectivity index (χ2n) is 2.69. The van der Waals surface area contributed by atoms with Crippen LogP contribution in [0.25, 0.3) is 0 Å². The van der Waals surface area contributed by atoms with Crippen molar-refractivity contribution < 1.29 is 18.9 Å². The van der Waals surface area contributed by atoms with Crippen molar-refractivity contribution in [1.29, 1.82) is 0 Å². The van der Waals surface area contributed by atoms with E-state index in [9.17, 15) is 4.79 Å². The standard InChI is InChI=1S/C6H14NO4PS/c1-5(2)11-6(8)3-4-10-12(7,9)13/h5H,3-4H2,1-2H3,(H3,7,9,13). The Hall–Kier alpha value is -0.0000000000000000833. The van der Waals surface area contributed by atoms with Crippen LogP contribution in [0.1, 0.15) is 20.3 Å². The van der Waals surface area contributed by atoms with E-state index in [2.05, 4.69) is 16.3 Å². The number of rotatable bonds is 5. The second kappa shape index (κ2) is 5.67. The zero-order valence-corrected chi connectivity index (χ0v) is 9.31. The average Bonchev–Trinajstić information content (AvgIpc) is 1.81. The summed E-state index contributed by atoms with van der Waals surface area (Å²) in [4.78, 5) is 19.7. The first-order valence-electron chi connectivity index (χ1n) is 3.76. The Morgan fingerprint density at radius 1 is 1.69 bits per heavy atom. The van der Waals surface area contributed by atoms with E-state index in [0.29, 0.717) is 0 Å². The van der Waals surface area contributed by atoms with Crippen molar-refractivity contribution in [2.75, 3.05) is 6.61 Å². The molecule has 7 heteroatoms. The summed E-state index contributed by atoms with van der Waals surface area (Å²) < 4.78 is 9.44. The van der Waals surface area contributed by atoms with Gasteiger partial charge in [0, 0.05) is 0 Å². The van der Waals surface area contributed by atoms with E-state index in [1.807, 2.05) is 0 Å². The molecule has 0 saturated carbocycles. The van der Waals surface area contributed by atoms with Gasteiger partial charge in [0.1, 0.15) is 0 Å². The van der Waals surface area contributed by atoms with Crippen molar-refractivity contribution in [2.24, 2.45) is 5.50 Å². The van der Waals surface area contributed by atoms with Crippen molar-refractivity contribution in [1.82, 2.24) is 0 Å². The molecule has 13 heavy (non-hydrogen) atoms. The normalized spacial score (nSPS) is 15.5. The molecule has 1 unspecified atom stereocenters. The number of carbonyl (C=O) groups excluding carboxylic acids is 1. The van der Waals surface area contributed by atoms with E-state index < -0.39 is 12.6 Å². The molecular weight excluding hydrogens is 213 g/mol. The van der Waals surface area contributed by atoms with E-state index in [1.54, 1.807) is 13.8 Å². The van der Waals surface area contributed by atoms with E-state index in [1.165, 1.54) is 0 Å². The largest absolute Gasteiger partial charge is 0.463 e. The third-order valence-corrected chi connectivity index (χ3v) is 1.82. The fourth-order valence-corrected chi connectivity index (χ4v) is 1.16. The van der Waals surface area contributed by atoms with Gasteiger partial charge in [-0.05, 0) is 25.7 Å². The minimum Gasteiger partial charge on any atom is -0.463 e. The molecule has 0 fully saturated rings. The summed E-state index contributed by atoms with van der Waals surface area (Å²) in [5, 5.41) is 0. The SMILES string of the molecule is CC(C)OC(=O)CCOP(N)(O)=S. The summed E-state index contributed by atoms with van der Waals surface area (Å²) in [7, 11) is 0. The number of esters is 1. The van der Waals surface area contributed by atoms with Gasteiger partial charge in [-0.1, -0.05) is 0 Å². The zero-order chi connectivity index (χ0) is 10.5. The van der Waals surface area contributed by atoms with E-state index in [-0.39, 0.29) is 19.1 Å². The summed E-state index contributed by atoms with van der Waals surface area (Å²) in [5.41, 5.74) is 5.03. The van der Waals surface area contributed by atoms with Gasteiger partial charge in [0.25, 0.3) is 6.64 Å². The first-order valence-corrected chi connectivity index (χ1v) is 6.51. The molecule has 0 heterocycles. The fourth-order valence-electron chi connectivity index (χ4n) is 0.582. The van der Waals surface area contributed by atoms with Gasteiger partial charge >= 0.3 is 5.97 Å². The minimum atomic E-state index is -3.13. The highest BCUT2D eigenvalue weighted by Crippen LogP contribution is 2.31. The van der Waals surface area contributed by atoms with Crippen LogP contribution in [0.5, 0.6) is 0 Å². The highest BCUT2D eigenvalue weighted by atomic mass is 32.5. The number of hydrogen-bond acceptors (Lipinski definition) is 4. The summed E-state index contributed by atoms with van der Waals surface area (Å²) in [5.74, 6) is -0.390. The summed E-state index contributed by atoms with van der Waals surface area (Å²) in [6, 6.07) is 0. The molecule has 0 bridgehead atoms. The monoisotopic (exact) mass is 227 g/mol. The van der Waals surface area contributed by atoms with Crippen LogP contribution in [-0.2, 0) is 25.9 Å². The second-order valence-corrected chi connectivity index (χ2v) is 5.64. The number of nitrogens with two attached hydrogens (primary N) is 1. The molecule has 5 nitrogen and oxygen atoms in total. The van der Waals surface area contributed by atoms with Crippen molar-refractivity contribution >= 4 is 24.4 Å². The molecule has 0 amide bonds. The number of ether oxygens (including phenoxy) is 1. The van der Waals surface area contributed by atoms with Crippen LogP contribution in [0.4, 0.5) is 0 Å². The molecule has 0 aromatic rings. The topological polar surface area (TPSA) is 81.8 Å². The Bertz CT molecular complexity index is 215. The Morgan fingerprint density at radius 3 is 2.62 bits per heavy atom. The summed E-state index contributed by atoms with van der Waals surface area (Å²) >= 11 is 4.39. The van der Waals surface area contributed by atoms with Gasteiger partial charge < -0.3 is 14.2 Å². The maximum Gasteiger partial charge on any atom is 0.308 e. The van der Waals surface area contributed by atoms with Gasteiger partial charge in [-0.25, -0.2) is 0 Å². The molecular formula is C6H14NO4PS. The minimum absolute atomic E-state index is 0.00414. The molecule has 0 aliphatic rings. The van der Waals surface area contributed by atoms with Crippen LogP contribution in [-0.4, -0.2) is 23.6 Å². The molecule has 0 aromatic heterocycles. The van der Waals surface area contributed by atoms with Gasteiger partial charge in [0.05, 0.1) is 19.1 Å². The molecule has 0 aliphatic carbocycles. The van der Waals surface area contributed by atoms with Crippen molar-refractivity contribution in [3.8, 4) is 0 Å². The third kappa shape index (κ3) is 9.92. The van der Waals surface area contributed by atoms with Crippen LogP contribution in [0.15, 0.2) is 0 Å². The predicted octanol–water partition coefficient (Wildman–Crippen LogP) is 0.520. The summed E-state index contributed by atoms with van der Waals surface area (Å²) in [6.45, 7) is 0.362. The molecule has 0 radical (unpaired) electrons. The number of hydrogen-bond donors (Lipinski definition) is 2. The van der Waals surface area contributed by atoms with Crippen LogP contribution >= 0.6 is 6.64 Å². The Morgan fingerprint density at radius 2 is 2.23 bits per heavy atom. The maximum absolute atomic E-state index is 10.9. The first kappa shape index (κ1) is 13.0. The smallest absolute Gasteiger partial charge is 0.308 e. The Balaban J connectivity index is 3.55. The van der Waals surface area contributed by atoms with Crippen molar-refractivity contribution in [3.05, 3.63) is 0 Å². The molecule has 78 valence electrons. The highest BCUT2D eigenvalue weighted by molar-refractivity contribution is 8.08. The van der Waals surface area contributed by atoms with Crippen LogP contribution in [0.2, 0.25) is 0 Å². The van der Waals surface area contributed by atoms with Crippen molar-refractivity contribution in [3.63, 3.8) is 0 Å². The highest BCUT2D eigenvalue weighted by Gasteiger charge is 2.09. The van der Waals surface area contributed by atoms with Gasteiger partial charge in [-0.15, -0.1) is 0 Å². The summed E-state index contributed by atoms with van der Waals surface area (Å²) in [6.07, 6.45) is -0.100. The fraction of sp³-hybridized carbons (Fsp3) is 0.833. The molecule has 0 aliphatic heterocycles. The van der Waals surface area contributed by atoms with E-state index in [4.69, 9.17) is 15.1 Å². The van der Waals surface area contributed by atoms with E-state index in [0.717, 1.165) is 0 Å². The molecule has 0 saturated heterocycles. The van der Waals surface area contributed by atoms with Crippen molar-refractivity contribution in [2.45, 2.75) is 26.4 Å². The van der Waals surface area contributed by atoms with Gasteiger partial charge in [0.15, 0.2) is 0 Å². The lowest BCUT2D eigenvalue weighted by Crippen LogP contribution is -2.13. The molecule has 0 rings (SSSR count). The van der Waals surface area contributed by atoms with Gasteiger partial charge in [-0.2, -0.15) is 0 Å². The van der Waals surface area contributed by atoms with Crippen LogP contribution in [0, 0.1) is 0 Å². The maximum atomic E-state index is 10.9.